The Kier molecular flexibility index (Phi) is 5.57. The molecule has 1 amide bonds. The van der Waals surface area contributed by atoms with Crippen LogP contribution in [0.3, 0.4) is 0 Å². The Bertz CT molecular complexity index is 585. The number of amides is 1. The van der Waals surface area contributed by atoms with Gasteiger partial charge in [-0.05, 0) is 31.7 Å². The summed E-state index contributed by atoms with van der Waals surface area (Å²) in [5.74, 6) is 2.17. The second kappa shape index (κ2) is 7.68. The average molecular weight is 346 g/mol. The molecule has 138 valence electrons. The zero-order valence-electron chi connectivity index (χ0n) is 15.6. The zero-order valence-corrected chi connectivity index (χ0v) is 15.6. The molecule has 0 radical (unpaired) electrons. The van der Waals surface area contributed by atoms with Gasteiger partial charge in [-0.2, -0.15) is 0 Å². The van der Waals surface area contributed by atoms with E-state index >= 15 is 0 Å². The molecule has 0 spiro atoms. The summed E-state index contributed by atoms with van der Waals surface area (Å²) in [5, 5.41) is 3.21. The lowest BCUT2D eigenvalue weighted by molar-refractivity contribution is -0.126. The van der Waals surface area contributed by atoms with Crippen LogP contribution in [0.4, 0.5) is 5.82 Å². The number of ether oxygens (including phenoxy) is 1. The van der Waals surface area contributed by atoms with Gasteiger partial charge in [0.15, 0.2) is 0 Å². The second-order valence-corrected chi connectivity index (χ2v) is 8.15. The lowest BCUT2D eigenvalue weighted by Crippen LogP contribution is -2.45. The van der Waals surface area contributed by atoms with E-state index in [9.17, 15) is 4.79 Å². The molecule has 2 aliphatic heterocycles. The molecule has 3 heterocycles. The Labute approximate surface area is 150 Å². The fourth-order valence-electron chi connectivity index (χ4n) is 3.42. The summed E-state index contributed by atoms with van der Waals surface area (Å²) in [4.78, 5) is 23.9. The average Bonchev–Trinajstić information content (AvgIpc) is 2.62. The molecule has 0 unspecified atom stereocenters. The fraction of sp³-hybridized carbons (Fsp3) is 0.737. The van der Waals surface area contributed by atoms with Gasteiger partial charge in [0.25, 0.3) is 0 Å². The molecule has 6 heteroatoms. The number of hydrogen-bond donors (Lipinski definition) is 1. The Morgan fingerprint density at radius 3 is 2.52 bits per heavy atom. The number of nitrogens with one attached hydrogen (secondary N) is 1. The van der Waals surface area contributed by atoms with Crippen LogP contribution in [0.15, 0.2) is 12.3 Å². The van der Waals surface area contributed by atoms with Crippen LogP contribution in [0.2, 0.25) is 0 Å². The summed E-state index contributed by atoms with van der Waals surface area (Å²) in [7, 11) is 0. The minimum Gasteiger partial charge on any atom is -0.381 e. The van der Waals surface area contributed by atoms with E-state index in [-0.39, 0.29) is 23.3 Å². The maximum absolute atomic E-state index is 12.5. The van der Waals surface area contributed by atoms with Crippen molar-refractivity contribution in [2.45, 2.75) is 57.9 Å². The van der Waals surface area contributed by atoms with Crippen LogP contribution in [0.1, 0.15) is 52.3 Å². The largest absolute Gasteiger partial charge is 0.381 e. The van der Waals surface area contributed by atoms with Crippen LogP contribution in [-0.4, -0.2) is 48.2 Å². The first-order valence-electron chi connectivity index (χ1n) is 9.40. The molecule has 0 aliphatic carbocycles. The third-order valence-electron chi connectivity index (χ3n) is 5.07. The molecule has 1 aromatic heterocycles. The molecule has 3 rings (SSSR count). The van der Waals surface area contributed by atoms with Gasteiger partial charge >= 0.3 is 0 Å². The summed E-state index contributed by atoms with van der Waals surface area (Å²) in [6, 6.07) is 2.26. The molecule has 2 fully saturated rings. The van der Waals surface area contributed by atoms with Crippen LogP contribution in [0, 0.1) is 5.92 Å². The lowest BCUT2D eigenvalue weighted by atomic mass is 9.94. The molecule has 25 heavy (non-hydrogen) atoms. The summed E-state index contributed by atoms with van der Waals surface area (Å²) in [6.07, 6.45) is 5.46. The Hall–Kier alpha value is -1.69. The van der Waals surface area contributed by atoms with Crippen molar-refractivity contribution in [3.8, 4) is 0 Å². The van der Waals surface area contributed by atoms with Gasteiger partial charge in [-0.25, -0.2) is 9.97 Å². The van der Waals surface area contributed by atoms with Crippen LogP contribution in [0.5, 0.6) is 0 Å². The SMILES string of the molecule is CC(C)(C)c1nccc(N2CCC(C(=O)NC3CCOCC3)CC2)n1. The van der Waals surface area contributed by atoms with Gasteiger partial charge in [-0.3, -0.25) is 4.79 Å². The van der Waals surface area contributed by atoms with Crippen molar-refractivity contribution in [1.82, 2.24) is 15.3 Å². The van der Waals surface area contributed by atoms with Crippen molar-refractivity contribution in [1.29, 1.82) is 0 Å². The molecule has 0 aromatic carbocycles. The van der Waals surface area contributed by atoms with Gasteiger partial charge in [-0.1, -0.05) is 20.8 Å². The van der Waals surface area contributed by atoms with E-state index in [2.05, 4.69) is 36.0 Å². The summed E-state index contributed by atoms with van der Waals surface area (Å²) < 4.78 is 5.35. The highest BCUT2D eigenvalue weighted by molar-refractivity contribution is 5.79. The highest BCUT2D eigenvalue weighted by atomic mass is 16.5. The first-order valence-corrected chi connectivity index (χ1v) is 9.40. The van der Waals surface area contributed by atoms with Gasteiger partial charge in [0, 0.05) is 49.9 Å². The van der Waals surface area contributed by atoms with Crippen molar-refractivity contribution in [2.75, 3.05) is 31.2 Å². The summed E-state index contributed by atoms with van der Waals surface area (Å²) >= 11 is 0. The van der Waals surface area contributed by atoms with E-state index in [1.807, 2.05) is 12.3 Å². The van der Waals surface area contributed by atoms with Crippen molar-refractivity contribution >= 4 is 11.7 Å². The Morgan fingerprint density at radius 1 is 1.20 bits per heavy atom. The van der Waals surface area contributed by atoms with Crippen molar-refractivity contribution in [3.05, 3.63) is 18.1 Å². The van der Waals surface area contributed by atoms with Gasteiger partial charge in [-0.15, -0.1) is 0 Å². The van der Waals surface area contributed by atoms with Crippen molar-refractivity contribution < 1.29 is 9.53 Å². The van der Waals surface area contributed by atoms with E-state index in [1.54, 1.807) is 0 Å². The quantitative estimate of drug-likeness (QED) is 0.909. The number of aromatic nitrogens is 2. The monoisotopic (exact) mass is 346 g/mol. The predicted octanol–water partition coefficient (Wildman–Crippen LogP) is 2.29. The highest BCUT2D eigenvalue weighted by Crippen LogP contribution is 2.25. The van der Waals surface area contributed by atoms with E-state index in [0.717, 1.165) is 63.6 Å². The first kappa shape index (κ1) is 18.1. The van der Waals surface area contributed by atoms with Crippen LogP contribution < -0.4 is 10.2 Å². The zero-order chi connectivity index (χ0) is 17.9. The molecular formula is C19H30N4O2. The smallest absolute Gasteiger partial charge is 0.223 e. The van der Waals surface area contributed by atoms with Crippen molar-refractivity contribution in [3.63, 3.8) is 0 Å². The maximum atomic E-state index is 12.5. The molecule has 0 bridgehead atoms. The van der Waals surface area contributed by atoms with E-state index in [4.69, 9.17) is 9.72 Å². The number of nitrogens with zero attached hydrogens (tertiary/aromatic N) is 3. The fourth-order valence-corrected chi connectivity index (χ4v) is 3.42. The Morgan fingerprint density at radius 2 is 1.88 bits per heavy atom. The maximum Gasteiger partial charge on any atom is 0.223 e. The molecule has 0 atom stereocenters. The molecule has 1 aromatic rings. The van der Waals surface area contributed by atoms with Gasteiger partial charge in [0.2, 0.25) is 5.91 Å². The van der Waals surface area contributed by atoms with Crippen LogP contribution in [0.25, 0.3) is 0 Å². The number of rotatable bonds is 3. The minimum absolute atomic E-state index is 0.0576. The summed E-state index contributed by atoms with van der Waals surface area (Å²) in [5.41, 5.74) is -0.0576. The minimum atomic E-state index is -0.0576. The Balaban J connectivity index is 1.54. The number of carbonyl (C=O) groups is 1. The predicted molar refractivity (Wildman–Crippen MR) is 97.7 cm³/mol. The van der Waals surface area contributed by atoms with Crippen LogP contribution >= 0.6 is 0 Å². The van der Waals surface area contributed by atoms with E-state index in [1.165, 1.54) is 0 Å². The summed E-state index contributed by atoms with van der Waals surface area (Å²) in [6.45, 7) is 9.62. The van der Waals surface area contributed by atoms with E-state index < -0.39 is 0 Å². The number of piperidine rings is 1. The molecule has 1 N–H and O–H groups in total. The lowest BCUT2D eigenvalue weighted by Gasteiger charge is -2.33. The topological polar surface area (TPSA) is 67.4 Å². The number of hydrogen-bond acceptors (Lipinski definition) is 5. The first-order chi connectivity index (χ1) is 11.9. The standard InChI is InChI=1S/C19H30N4O2/c1-19(2,3)18-20-9-4-16(22-18)23-10-5-14(6-11-23)17(24)21-15-7-12-25-13-8-15/h4,9,14-15H,5-8,10-13H2,1-3H3,(H,21,24). The van der Waals surface area contributed by atoms with Crippen LogP contribution in [-0.2, 0) is 14.9 Å². The molecular weight excluding hydrogens is 316 g/mol. The second-order valence-electron chi connectivity index (χ2n) is 8.15. The van der Waals surface area contributed by atoms with E-state index in [0.29, 0.717) is 0 Å². The third-order valence-corrected chi connectivity index (χ3v) is 5.07. The normalized spacial score (nSPS) is 20.5. The van der Waals surface area contributed by atoms with Crippen molar-refractivity contribution in [2.24, 2.45) is 5.92 Å². The van der Waals surface area contributed by atoms with Gasteiger partial charge in [0.1, 0.15) is 11.6 Å². The van der Waals surface area contributed by atoms with Gasteiger partial charge < -0.3 is 15.0 Å². The third kappa shape index (κ3) is 4.69. The molecule has 2 aliphatic rings. The number of anilines is 1. The van der Waals surface area contributed by atoms with Gasteiger partial charge in [0.05, 0.1) is 0 Å². The number of carbonyl (C=O) groups excluding carboxylic acids is 1. The highest BCUT2D eigenvalue weighted by Gasteiger charge is 2.28. The molecule has 6 nitrogen and oxygen atoms in total. The molecule has 0 saturated carbocycles. The molecule has 2 saturated heterocycles.